The van der Waals surface area contributed by atoms with E-state index in [1.54, 1.807) is 0 Å². The zero-order chi connectivity index (χ0) is 20.5. The molecule has 2 heterocycles. The molecule has 0 N–H and O–H groups in total. The van der Waals surface area contributed by atoms with Gasteiger partial charge in [0.2, 0.25) is 5.91 Å². The highest BCUT2D eigenvalue weighted by molar-refractivity contribution is 9.10. The molecule has 5 rings (SSSR count). The summed E-state index contributed by atoms with van der Waals surface area (Å²) in [6.07, 6.45) is 1.42. The Balaban J connectivity index is 1.48. The van der Waals surface area contributed by atoms with Crippen LogP contribution >= 0.6 is 15.9 Å². The molecule has 4 nitrogen and oxygen atoms in total. The van der Waals surface area contributed by atoms with E-state index >= 15 is 0 Å². The van der Waals surface area contributed by atoms with Crippen LogP contribution < -0.4 is 4.90 Å². The molecule has 0 saturated carbocycles. The first-order valence-corrected chi connectivity index (χ1v) is 11.0. The molecule has 150 valence electrons. The van der Waals surface area contributed by atoms with Crippen molar-refractivity contribution in [1.82, 2.24) is 9.55 Å². The maximum Gasteiger partial charge on any atom is 0.227 e. The molecule has 1 aliphatic heterocycles. The van der Waals surface area contributed by atoms with E-state index in [4.69, 9.17) is 4.98 Å². The van der Waals surface area contributed by atoms with Crippen molar-refractivity contribution in [2.24, 2.45) is 0 Å². The monoisotopic (exact) mass is 459 g/mol. The number of hydrogen-bond donors (Lipinski definition) is 0. The molecular weight excluding hydrogens is 438 g/mol. The number of fused-ring (bicyclic) bond motifs is 1. The average Bonchev–Trinajstić information content (AvgIpc) is 3.34. The third kappa shape index (κ3) is 3.54. The van der Waals surface area contributed by atoms with Gasteiger partial charge in [0.15, 0.2) is 0 Å². The zero-order valence-electron chi connectivity index (χ0n) is 16.5. The highest BCUT2D eigenvalue weighted by atomic mass is 79.9. The smallest absolute Gasteiger partial charge is 0.227 e. The standard InChI is InChI=1S/C25H22BrN3O/c26-20-10-4-6-12-22(20)29-17-19(16-24(29)30)25-27-21-11-5-7-13-23(21)28(25)15-14-18-8-2-1-3-9-18/h1-13,19H,14-17H2/t19-/m1/s1. The van der Waals surface area contributed by atoms with Gasteiger partial charge >= 0.3 is 0 Å². The number of anilines is 1. The number of hydrogen-bond acceptors (Lipinski definition) is 2. The van der Waals surface area contributed by atoms with Gasteiger partial charge in [0.25, 0.3) is 0 Å². The Bertz CT molecular complexity index is 1200. The maximum atomic E-state index is 12.9. The number of carbonyl (C=O) groups excluding carboxylic acids is 1. The lowest BCUT2D eigenvalue weighted by Gasteiger charge is -2.18. The summed E-state index contributed by atoms with van der Waals surface area (Å²) in [6, 6.07) is 26.7. The van der Waals surface area contributed by atoms with E-state index in [0.29, 0.717) is 13.0 Å². The van der Waals surface area contributed by atoms with E-state index in [1.807, 2.05) is 41.3 Å². The summed E-state index contributed by atoms with van der Waals surface area (Å²) in [4.78, 5) is 19.7. The van der Waals surface area contributed by atoms with Crippen molar-refractivity contribution in [3.8, 4) is 0 Å². The first-order chi connectivity index (χ1) is 14.7. The number of imidazole rings is 1. The van der Waals surface area contributed by atoms with Crippen molar-refractivity contribution in [3.05, 3.63) is 94.7 Å². The molecule has 30 heavy (non-hydrogen) atoms. The number of aromatic nitrogens is 2. The predicted octanol–water partition coefficient (Wildman–Crippen LogP) is 5.56. The summed E-state index contributed by atoms with van der Waals surface area (Å²) < 4.78 is 3.25. The summed E-state index contributed by atoms with van der Waals surface area (Å²) in [5, 5.41) is 0. The Hall–Kier alpha value is -2.92. The second kappa shape index (κ2) is 8.07. The van der Waals surface area contributed by atoms with E-state index in [-0.39, 0.29) is 11.8 Å². The third-order valence-corrected chi connectivity index (χ3v) is 6.45. The molecule has 1 atom stereocenters. The number of nitrogens with zero attached hydrogens (tertiary/aromatic N) is 3. The fourth-order valence-corrected chi connectivity index (χ4v) is 4.81. The molecule has 1 fully saturated rings. The van der Waals surface area contributed by atoms with Crippen LogP contribution in [0.2, 0.25) is 0 Å². The Kier molecular flexibility index (Phi) is 5.13. The highest BCUT2D eigenvalue weighted by Gasteiger charge is 2.35. The number of benzene rings is 3. The van der Waals surface area contributed by atoms with Crippen LogP contribution in [-0.2, 0) is 17.8 Å². The Labute approximate surface area is 184 Å². The second-order valence-corrected chi connectivity index (χ2v) is 8.56. The van der Waals surface area contributed by atoms with Crippen LogP contribution in [-0.4, -0.2) is 22.0 Å². The number of amides is 1. The molecule has 1 amide bonds. The molecule has 0 unspecified atom stereocenters. The van der Waals surface area contributed by atoms with Gasteiger partial charge in [-0.3, -0.25) is 4.79 Å². The van der Waals surface area contributed by atoms with Crippen molar-refractivity contribution in [1.29, 1.82) is 0 Å². The number of para-hydroxylation sites is 3. The van der Waals surface area contributed by atoms with Crippen LogP contribution in [0.1, 0.15) is 23.7 Å². The molecule has 4 aromatic rings. The van der Waals surface area contributed by atoms with Crippen LogP contribution in [0, 0.1) is 0 Å². The Morgan fingerprint density at radius 2 is 1.67 bits per heavy atom. The molecule has 3 aromatic carbocycles. The topological polar surface area (TPSA) is 38.1 Å². The van der Waals surface area contributed by atoms with Gasteiger partial charge in [-0.05, 0) is 52.2 Å². The third-order valence-electron chi connectivity index (χ3n) is 5.78. The number of carbonyl (C=O) groups is 1. The molecular formula is C25H22BrN3O. The van der Waals surface area contributed by atoms with Crippen molar-refractivity contribution in [2.45, 2.75) is 25.3 Å². The summed E-state index contributed by atoms with van der Waals surface area (Å²) in [6.45, 7) is 1.50. The molecule has 0 aliphatic carbocycles. The predicted molar refractivity (Wildman–Crippen MR) is 124 cm³/mol. The second-order valence-electron chi connectivity index (χ2n) is 7.70. The van der Waals surface area contributed by atoms with Gasteiger partial charge in [0.1, 0.15) is 5.82 Å². The van der Waals surface area contributed by atoms with Crippen molar-refractivity contribution >= 4 is 38.6 Å². The van der Waals surface area contributed by atoms with Crippen molar-refractivity contribution < 1.29 is 4.79 Å². The molecule has 1 saturated heterocycles. The first-order valence-electron chi connectivity index (χ1n) is 10.2. The van der Waals surface area contributed by atoms with Gasteiger partial charge in [-0.2, -0.15) is 0 Å². The van der Waals surface area contributed by atoms with E-state index in [1.165, 1.54) is 5.56 Å². The highest BCUT2D eigenvalue weighted by Crippen LogP contribution is 2.36. The van der Waals surface area contributed by atoms with Gasteiger partial charge in [0, 0.05) is 29.9 Å². The zero-order valence-corrected chi connectivity index (χ0v) is 18.1. The minimum absolute atomic E-state index is 0.0766. The minimum Gasteiger partial charge on any atom is -0.327 e. The summed E-state index contributed by atoms with van der Waals surface area (Å²) in [5.41, 5.74) is 4.36. The first kappa shape index (κ1) is 19.1. The summed E-state index contributed by atoms with van der Waals surface area (Å²) in [5.74, 6) is 1.23. The van der Waals surface area contributed by atoms with E-state index in [0.717, 1.165) is 40.0 Å². The molecule has 0 bridgehead atoms. The van der Waals surface area contributed by atoms with Crippen molar-refractivity contribution in [2.75, 3.05) is 11.4 Å². The van der Waals surface area contributed by atoms with Crippen LogP contribution in [0.5, 0.6) is 0 Å². The molecule has 1 aliphatic rings. The Morgan fingerprint density at radius 3 is 2.50 bits per heavy atom. The van der Waals surface area contributed by atoms with E-state index in [9.17, 15) is 4.79 Å². The van der Waals surface area contributed by atoms with Crippen LogP contribution in [0.15, 0.2) is 83.3 Å². The fraction of sp³-hybridized carbons (Fsp3) is 0.200. The van der Waals surface area contributed by atoms with Gasteiger partial charge < -0.3 is 9.47 Å². The quantitative estimate of drug-likeness (QED) is 0.391. The minimum atomic E-state index is 0.0766. The SMILES string of the molecule is O=C1C[C@@H](c2nc3ccccc3n2CCc2ccccc2)CN1c1ccccc1Br. The largest absolute Gasteiger partial charge is 0.327 e. The number of aryl methyl sites for hydroxylation is 2. The van der Waals surface area contributed by atoms with Crippen LogP contribution in [0.25, 0.3) is 11.0 Å². The Morgan fingerprint density at radius 1 is 0.933 bits per heavy atom. The van der Waals surface area contributed by atoms with Gasteiger partial charge in [-0.15, -0.1) is 0 Å². The molecule has 0 spiro atoms. The van der Waals surface area contributed by atoms with Gasteiger partial charge in [-0.25, -0.2) is 4.98 Å². The molecule has 0 radical (unpaired) electrons. The summed E-state index contributed by atoms with van der Waals surface area (Å²) >= 11 is 3.59. The lowest BCUT2D eigenvalue weighted by atomic mass is 10.1. The number of rotatable bonds is 5. The van der Waals surface area contributed by atoms with E-state index in [2.05, 4.69) is 63.0 Å². The molecule has 5 heteroatoms. The lowest BCUT2D eigenvalue weighted by molar-refractivity contribution is -0.117. The van der Waals surface area contributed by atoms with Crippen LogP contribution in [0.3, 0.4) is 0 Å². The number of halogens is 1. The van der Waals surface area contributed by atoms with Gasteiger partial charge in [0.05, 0.1) is 16.7 Å². The van der Waals surface area contributed by atoms with Gasteiger partial charge in [-0.1, -0.05) is 54.6 Å². The molecule has 1 aromatic heterocycles. The van der Waals surface area contributed by atoms with Crippen LogP contribution in [0.4, 0.5) is 5.69 Å². The average molecular weight is 460 g/mol. The lowest BCUT2D eigenvalue weighted by Crippen LogP contribution is -2.25. The normalized spacial score (nSPS) is 16.5. The van der Waals surface area contributed by atoms with Crippen molar-refractivity contribution in [3.63, 3.8) is 0 Å². The fourth-order valence-electron chi connectivity index (χ4n) is 4.31. The van der Waals surface area contributed by atoms with E-state index < -0.39 is 0 Å². The maximum absolute atomic E-state index is 12.9. The summed E-state index contributed by atoms with van der Waals surface area (Å²) in [7, 11) is 0.